The van der Waals surface area contributed by atoms with E-state index in [1.54, 1.807) is 0 Å². The molecule has 0 N–H and O–H groups in total. The molecule has 119 heavy (non-hydrogen) atoms. The highest BCUT2D eigenvalue weighted by atomic mass is 15.0. The summed E-state index contributed by atoms with van der Waals surface area (Å²) in [5, 5.41) is 5.20. The molecule has 2 aliphatic rings. The second-order valence-electron chi connectivity index (χ2n) is 42.8. The largest absolute Gasteiger partial charge is 0.310 e. The normalized spacial score (nSPS) is 13.4. The van der Waals surface area contributed by atoms with E-state index in [2.05, 4.69) is 436 Å². The molecule has 18 rings (SSSR count). The molecule has 2 aliphatic heterocycles. The number of rotatable bonds is 9. The van der Waals surface area contributed by atoms with Gasteiger partial charge in [0.25, 0.3) is 6.71 Å². The minimum Gasteiger partial charge on any atom is -0.310 e. The molecule has 13 aromatic carbocycles. The molecular weight excluding hydrogens is 1440 g/mol. The van der Waals surface area contributed by atoms with Crippen LogP contribution in [0.4, 0.5) is 0 Å². The fraction of sp³-hybridized carbons (Fsp3) is 0.281. The molecule has 5 heterocycles. The first-order chi connectivity index (χ1) is 56.0. The molecule has 594 valence electrons. The lowest BCUT2D eigenvalue weighted by Gasteiger charge is -2.35. The molecule has 0 spiro atoms. The Balaban J connectivity index is 1.06. The van der Waals surface area contributed by atoms with Gasteiger partial charge in [-0.15, -0.1) is 0 Å². The van der Waals surface area contributed by atoms with Crippen LogP contribution in [-0.2, 0) is 43.3 Å². The van der Waals surface area contributed by atoms with E-state index in [-0.39, 0.29) is 50.0 Å². The summed E-state index contributed by atoms with van der Waals surface area (Å²) >= 11 is 0. The van der Waals surface area contributed by atoms with Crippen molar-refractivity contribution < 1.29 is 0 Å². The van der Waals surface area contributed by atoms with Crippen LogP contribution in [0.25, 0.3) is 156 Å². The summed E-state index contributed by atoms with van der Waals surface area (Å²) < 4.78 is 5.52. The van der Waals surface area contributed by atoms with Crippen molar-refractivity contribution >= 4 is 66.7 Å². The lowest BCUT2D eigenvalue weighted by Crippen LogP contribution is -2.59. The predicted octanol–water partition coefficient (Wildman–Crippen LogP) is 29.2. The molecule has 0 amide bonds. The third-order valence-electron chi connectivity index (χ3n) is 25.8. The van der Waals surface area contributed by atoms with Gasteiger partial charge in [0.05, 0.1) is 33.5 Å². The number of nitrogens with zero attached hydrogens (tertiary/aromatic N) is 4. The van der Waals surface area contributed by atoms with Crippen molar-refractivity contribution in [2.24, 2.45) is 0 Å². The van der Waals surface area contributed by atoms with Gasteiger partial charge in [-0.05, 0) is 238 Å². The average Bonchev–Trinajstić information content (AvgIpc) is 1.51. The van der Waals surface area contributed by atoms with Gasteiger partial charge in [0.1, 0.15) is 0 Å². The summed E-state index contributed by atoms with van der Waals surface area (Å²) in [7, 11) is 0. The molecular formula is C114H115BN4. The van der Waals surface area contributed by atoms with Crippen molar-refractivity contribution in [2.75, 3.05) is 0 Å². The van der Waals surface area contributed by atoms with Crippen LogP contribution < -0.4 is 16.4 Å². The van der Waals surface area contributed by atoms with Crippen LogP contribution >= 0.6 is 0 Å². The van der Waals surface area contributed by atoms with Crippen LogP contribution in [0, 0.1) is 0 Å². The van der Waals surface area contributed by atoms with Gasteiger partial charge in [-0.3, -0.25) is 0 Å². The fourth-order valence-corrected chi connectivity index (χ4v) is 18.9. The predicted molar refractivity (Wildman–Crippen MR) is 514 cm³/mol. The van der Waals surface area contributed by atoms with Crippen LogP contribution in [0.2, 0.25) is 0 Å². The van der Waals surface area contributed by atoms with Crippen LogP contribution in [0.15, 0.2) is 261 Å². The second-order valence-corrected chi connectivity index (χ2v) is 42.8. The molecule has 0 unspecified atom stereocenters. The third-order valence-corrected chi connectivity index (χ3v) is 25.8. The highest BCUT2D eigenvalue weighted by Crippen LogP contribution is 2.52. The Morgan fingerprint density at radius 2 is 0.513 bits per heavy atom. The quantitative estimate of drug-likeness (QED) is 0.135. The first-order valence-electron chi connectivity index (χ1n) is 43.3. The zero-order valence-corrected chi connectivity index (χ0v) is 74.7. The Hall–Kier alpha value is -11.4. The molecule has 4 nitrogen and oxygen atoms in total. The van der Waals surface area contributed by atoms with Gasteiger partial charge < -0.3 is 9.13 Å². The van der Waals surface area contributed by atoms with E-state index in [0.717, 1.165) is 84.0 Å². The molecule has 0 saturated heterocycles. The van der Waals surface area contributed by atoms with Gasteiger partial charge in [-0.2, -0.15) is 0 Å². The maximum Gasteiger partial charge on any atom is 0.252 e. The fourth-order valence-electron chi connectivity index (χ4n) is 18.9. The molecule has 0 bridgehead atoms. The van der Waals surface area contributed by atoms with Gasteiger partial charge in [0.2, 0.25) is 0 Å². The van der Waals surface area contributed by atoms with Gasteiger partial charge >= 0.3 is 0 Å². The summed E-state index contributed by atoms with van der Waals surface area (Å²) in [6.07, 6.45) is 0. The number of fused-ring (bicyclic) bond motifs is 10. The van der Waals surface area contributed by atoms with E-state index in [9.17, 15) is 0 Å². The van der Waals surface area contributed by atoms with Crippen molar-refractivity contribution in [1.82, 2.24) is 19.1 Å². The van der Waals surface area contributed by atoms with Gasteiger partial charge in [0.15, 0.2) is 5.82 Å². The SMILES string of the molecule is CC(C)(C)c1cc(-c2ccc3c4c2c2c(C(C)(C)C)cc(C(C)(C)C)cc2n4-c2cc(-c4nc(-c5cc(-c6ccccc6)cc(-c6ccccc6)c5)cc(-c5cc(-c6ccccc6)cc(-c6ccccc6)c5)n4)cc4c2B3c2ccc(-c3cc(C(C)(C)C)cc(C(C)(C)C)c3)c3c5c(C(C)(C)C)cc(C(C)(C)C)cc5n-4c23)cc(C(C)(C)C)c1. The average molecular weight is 1550 g/mol. The van der Waals surface area contributed by atoms with Crippen LogP contribution in [-0.4, -0.2) is 25.8 Å². The third kappa shape index (κ3) is 13.8. The maximum absolute atomic E-state index is 6.15. The molecule has 0 fully saturated rings. The van der Waals surface area contributed by atoms with E-state index < -0.39 is 0 Å². The molecule has 0 radical (unpaired) electrons. The van der Waals surface area contributed by atoms with Gasteiger partial charge in [-0.1, -0.05) is 360 Å². The second kappa shape index (κ2) is 27.6. The zero-order valence-electron chi connectivity index (χ0n) is 74.7. The van der Waals surface area contributed by atoms with E-state index in [0.29, 0.717) is 5.82 Å². The topological polar surface area (TPSA) is 35.6 Å². The summed E-state index contributed by atoms with van der Waals surface area (Å²) in [5.41, 5.74) is 38.9. The summed E-state index contributed by atoms with van der Waals surface area (Å²) in [4.78, 5) is 12.3. The lowest BCUT2D eigenvalue weighted by atomic mass is 9.34. The van der Waals surface area contributed by atoms with Crippen molar-refractivity contribution in [3.63, 3.8) is 0 Å². The molecule has 0 atom stereocenters. The number of hydrogen-bond acceptors (Lipinski definition) is 2. The molecule has 16 aromatic rings. The maximum atomic E-state index is 6.15. The Kier molecular flexibility index (Phi) is 18.3. The van der Waals surface area contributed by atoms with Gasteiger partial charge in [0, 0.05) is 49.6 Å². The smallest absolute Gasteiger partial charge is 0.252 e. The zero-order chi connectivity index (χ0) is 84.1. The number of benzene rings is 13. The van der Waals surface area contributed by atoms with E-state index >= 15 is 0 Å². The lowest BCUT2D eigenvalue weighted by molar-refractivity contribution is 0.568. The van der Waals surface area contributed by atoms with Crippen LogP contribution in [0.3, 0.4) is 0 Å². The van der Waals surface area contributed by atoms with E-state index in [4.69, 9.17) is 9.97 Å². The van der Waals surface area contributed by atoms with Crippen molar-refractivity contribution in [1.29, 1.82) is 0 Å². The standard InChI is InChI=1S/C114H115BN4/c1-107(2,3)81-55-76(56-82(61-81)108(4,5)6)87-45-47-91-104-99(87)101-89(113(19,20)21)63-85(111(13,14)15)65-95(101)118(104)97-59-80(60-98-103(97)115(91)92-48-46-88(77-57-83(109(7,8)9)62-84(58-77)110(10,11)12)100-102-90(114(22,23)24)64-86(112(16,17)18)66-96(102)119(98)105(92)100)106-116-93(78-51-72(68-37-29-25-30-38-68)49-73(52-78)69-39-31-26-32-40-69)67-94(117-106)79-53-74(70-41-33-27-34-42-70)50-75(54-79)71-43-35-28-36-44-71/h25-67H,1-24H3. The van der Waals surface area contributed by atoms with Crippen LogP contribution in [0.5, 0.6) is 0 Å². The minimum atomic E-state index is -0.278. The molecule has 5 heteroatoms. The Morgan fingerprint density at radius 3 is 0.798 bits per heavy atom. The van der Waals surface area contributed by atoms with Crippen molar-refractivity contribution in [3.8, 4) is 112 Å². The van der Waals surface area contributed by atoms with Gasteiger partial charge in [-0.25, -0.2) is 9.97 Å². The molecule has 0 saturated carbocycles. The first kappa shape index (κ1) is 78.8. The number of hydrogen-bond donors (Lipinski definition) is 0. The Labute approximate surface area is 708 Å². The summed E-state index contributed by atoms with van der Waals surface area (Å²) in [6, 6.07) is 100. The Bertz CT molecular complexity index is 6220. The molecule has 3 aromatic heterocycles. The van der Waals surface area contributed by atoms with E-state index in [1.165, 1.54) is 127 Å². The summed E-state index contributed by atoms with van der Waals surface area (Å²) in [5.74, 6) is 0.643. The number of aromatic nitrogens is 4. The Morgan fingerprint density at radius 1 is 0.227 bits per heavy atom. The van der Waals surface area contributed by atoms with Crippen molar-refractivity contribution in [3.05, 3.63) is 305 Å². The first-order valence-corrected chi connectivity index (χ1v) is 43.3. The van der Waals surface area contributed by atoms with E-state index in [1.807, 2.05) is 0 Å². The van der Waals surface area contributed by atoms with Crippen molar-refractivity contribution in [2.45, 2.75) is 209 Å². The minimum absolute atomic E-state index is 0.123. The molecule has 0 aliphatic carbocycles. The monoisotopic (exact) mass is 1550 g/mol. The summed E-state index contributed by atoms with van der Waals surface area (Å²) in [6.45, 7) is 57.3. The highest BCUT2D eigenvalue weighted by Gasteiger charge is 2.45. The highest BCUT2D eigenvalue weighted by molar-refractivity contribution is 7.00. The van der Waals surface area contributed by atoms with Crippen LogP contribution in [0.1, 0.15) is 211 Å².